The van der Waals surface area contributed by atoms with E-state index in [1.165, 1.54) is 0 Å². The van der Waals surface area contributed by atoms with Crippen LogP contribution in [0.1, 0.15) is 16.8 Å². The maximum absolute atomic E-state index is 13.4. The highest BCUT2D eigenvalue weighted by Crippen LogP contribution is 2.19. The first-order valence-electron chi connectivity index (χ1n) is 5.49. The van der Waals surface area contributed by atoms with Crippen LogP contribution in [0.2, 0.25) is 0 Å². The third-order valence-corrected chi connectivity index (χ3v) is 2.77. The van der Waals surface area contributed by atoms with Gasteiger partial charge in [-0.25, -0.2) is 9.18 Å². The van der Waals surface area contributed by atoms with Crippen molar-refractivity contribution in [2.45, 2.75) is 6.42 Å². The monoisotopic (exact) mass is 253 g/mol. The van der Waals surface area contributed by atoms with Crippen LogP contribution in [0.5, 0.6) is 0 Å². The number of halogens is 1. The fourth-order valence-electron chi connectivity index (χ4n) is 1.73. The van der Waals surface area contributed by atoms with Crippen LogP contribution >= 0.6 is 0 Å². The summed E-state index contributed by atoms with van der Waals surface area (Å²) in [5, 5.41) is 11.2. The highest BCUT2D eigenvalue weighted by Gasteiger charge is 2.24. The summed E-state index contributed by atoms with van der Waals surface area (Å²) in [6, 6.07) is 3.27. The highest BCUT2D eigenvalue weighted by molar-refractivity contribution is 5.95. The van der Waals surface area contributed by atoms with Gasteiger partial charge in [0, 0.05) is 6.61 Å². The van der Waals surface area contributed by atoms with Gasteiger partial charge in [0.15, 0.2) is 0 Å². The van der Waals surface area contributed by atoms with E-state index in [0.717, 1.165) is 18.2 Å². The first-order valence-corrected chi connectivity index (χ1v) is 5.49. The molecule has 1 aromatic rings. The molecule has 0 bridgehead atoms. The van der Waals surface area contributed by atoms with Crippen molar-refractivity contribution >= 4 is 17.6 Å². The number of hydrogen-bond donors (Lipinski definition) is 2. The van der Waals surface area contributed by atoms with E-state index < -0.39 is 11.8 Å². The number of ether oxygens (including phenoxy) is 1. The van der Waals surface area contributed by atoms with Crippen molar-refractivity contribution in [3.63, 3.8) is 0 Å². The first-order chi connectivity index (χ1) is 8.58. The maximum atomic E-state index is 13.4. The molecule has 0 aliphatic carbocycles. The molecule has 1 saturated heterocycles. The van der Waals surface area contributed by atoms with Crippen LogP contribution in [-0.4, -0.2) is 30.2 Å². The Morgan fingerprint density at radius 3 is 2.83 bits per heavy atom. The van der Waals surface area contributed by atoms with Gasteiger partial charge in [0.2, 0.25) is 5.91 Å². The number of hydrogen-bond acceptors (Lipinski definition) is 3. The van der Waals surface area contributed by atoms with Crippen molar-refractivity contribution in [1.29, 1.82) is 0 Å². The molecule has 0 spiro atoms. The van der Waals surface area contributed by atoms with Crippen LogP contribution in [0, 0.1) is 11.7 Å². The van der Waals surface area contributed by atoms with E-state index in [1.54, 1.807) is 0 Å². The van der Waals surface area contributed by atoms with Gasteiger partial charge in [0.1, 0.15) is 5.82 Å². The second-order valence-corrected chi connectivity index (χ2v) is 4.05. The molecule has 0 aromatic heterocycles. The second-order valence-electron chi connectivity index (χ2n) is 4.05. The van der Waals surface area contributed by atoms with Gasteiger partial charge in [-0.15, -0.1) is 0 Å². The number of carboxylic acid groups (broad SMARTS) is 1. The molecule has 0 saturated carbocycles. The summed E-state index contributed by atoms with van der Waals surface area (Å²) in [6.07, 6.45) is 0.589. The molecule has 2 N–H and O–H groups in total. The van der Waals surface area contributed by atoms with Crippen LogP contribution in [0.4, 0.5) is 10.1 Å². The molecule has 5 nitrogen and oxygen atoms in total. The summed E-state index contributed by atoms with van der Waals surface area (Å²) in [6.45, 7) is 0.821. The number of nitrogens with one attached hydrogen (secondary N) is 1. The van der Waals surface area contributed by atoms with Crippen molar-refractivity contribution in [3.8, 4) is 0 Å². The molecule has 1 aliphatic heterocycles. The third kappa shape index (κ3) is 2.65. The molecule has 0 radical (unpaired) electrons. The number of carbonyl (C=O) groups excluding carboxylic acids is 1. The van der Waals surface area contributed by atoms with Crippen molar-refractivity contribution in [2.75, 3.05) is 18.5 Å². The summed E-state index contributed by atoms with van der Waals surface area (Å²) >= 11 is 0. The fourth-order valence-corrected chi connectivity index (χ4v) is 1.73. The number of amides is 1. The molecule has 2 rings (SSSR count). The van der Waals surface area contributed by atoms with Gasteiger partial charge in [0.25, 0.3) is 0 Å². The molecule has 1 atom stereocenters. The zero-order chi connectivity index (χ0) is 13.1. The average Bonchev–Trinajstić information content (AvgIpc) is 2.85. The average molecular weight is 253 g/mol. The van der Waals surface area contributed by atoms with Gasteiger partial charge >= 0.3 is 5.97 Å². The smallest absolute Gasteiger partial charge is 0.335 e. The Labute approximate surface area is 103 Å². The van der Waals surface area contributed by atoms with Crippen LogP contribution < -0.4 is 5.32 Å². The highest BCUT2D eigenvalue weighted by atomic mass is 19.1. The minimum atomic E-state index is -1.17. The first kappa shape index (κ1) is 12.5. The van der Waals surface area contributed by atoms with Gasteiger partial charge in [-0.3, -0.25) is 4.79 Å². The SMILES string of the molecule is O=C(O)c1ccc(F)c(NC(=O)C2CCOC2)c1. The van der Waals surface area contributed by atoms with Crippen LogP contribution in [0.25, 0.3) is 0 Å². The number of aromatic carboxylic acids is 1. The van der Waals surface area contributed by atoms with Gasteiger partial charge in [-0.1, -0.05) is 0 Å². The lowest BCUT2D eigenvalue weighted by molar-refractivity contribution is -0.119. The Balaban J connectivity index is 2.14. The number of carboxylic acids is 1. The maximum Gasteiger partial charge on any atom is 0.335 e. The van der Waals surface area contributed by atoms with E-state index in [4.69, 9.17) is 9.84 Å². The van der Waals surface area contributed by atoms with Crippen molar-refractivity contribution < 1.29 is 23.8 Å². The summed E-state index contributed by atoms with van der Waals surface area (Å²) in [5.41, 5.74) is -0.193. The van der Waals surface area contributed by atoms with E-state index in [9.17, 15) is 14.0 Å². The molecular weight excluding hydrogens is 241 g/mol. The van der Waals surface area contributed by atoms with E-state index in [-0.39, 0.29) is 23.1 Å². The molecule has 1 heterocycles. The fraction of sp³-hybridized carbons (Fsp3) is 0.333. The van der Waals surface area contributed by atoms with Crippen molar-refractivity contribution in [2.24, 2.45) is 5.92 Å². The molecule has 18 heavy (non-hydrogen) atoms. The quantitative estimate of drug-likeness (QED) is 0.855. The minimum Gasteiger partial charge on any atom is -0.478 e. The van der Waals surface area contributed by atoms with Crippen LogP contribution in [0.3, 0.4) is 0 Å². The lowest BCUT2D eigenvalue weighted by Crippen LogP contribution is -2.23. The van der Waals surface area contributed by atoms with E-state index in [1.807, 2.05) is 0 Å². The number of benzene rings is 1. The van der Waals surface area contributed by atoms with Crippen LogP contribution in [0.15, 0.2) is 18.2 Å². The molecule has 1 aliphatic rings. The second kappa shape index (κ2) is 5.14. The topological polar surface area (TPSA) is 75.6 Å². The molecule has 1 unspecified atom stereocenters. The predicted octanol–water partition coefficient (Wildman–Crippen LogP) is 1.50. The Kier molecular flexibility index (Phi) is 3.57. The molecule has 96 valence electrons. The normalized spacial score (nSPS) is 18.6. The van der Waals surface area contributed by atoms with Crippen LogP contribution in [-0.2, 0) is 9.53 Å². The van der Waals surface area contributed by atoms with Gasteiger partial charge in [-0.05, 0) is 24.6 Å². The Bertz CT molecular complexity index is 483. The Morgan fingerprint density at radius 1 is 1.44 bits per heavy atom. The summed E-state index contributed by atoms with van der Waals surface area (Å²) in [4.78, 5) is 22.5. The summed E-state index contributed by atoms with van der Waals surface area (Å²) in [5.74, 6) is -2.49. The lowest BCUT2D eigenvalue weighted by Gasteiger charge is -2.10. The van der Waals surface area contributed by atoms with Gasteiger partial charge < -0.3 is 15.2 Å². The molecule has 1 amide bonds. The van der Waals surface area contributed by atoms with E-state index in [2.05, 4.69) is 5.32 Å². The van der Waals surface area contributed by atoms with Gasteiger partial charge in [-0.2, -0.15) is 0 Å². The third-order valence-electron chi connectivity index (χ3n) is 2.77. The van der Waals surface area contributed by atoms with E-state index in [0.29, 0.717) is 19.6 Å². The largest absolute Gasteiger partial charge is 0.478 e. The molecule has 1 fully saturated rings. The Morgan fingerprint density at radius 2 is 2.22 bits per heavy atom. The van der Waals surface area contributed by atoms with E-state index >= 15 is 0 Å². The van der Waals surface area contributed by atoms with Gasteiger partial charge in [0.05, 0.1) is 23.8 Å². The molecular formula is C12H12FNO4. The number of anilines is 1. The number of rotatable bonds is 3. The Hall–Kier alpha value is -1.95. The summed E-state index contributed by atoms with van der Waals surface area (Å²) in [7, 11) is 0. The minimum absolute atomic E-state index is 0.0747. The molecule has 1 aromatic carbocycles. The summed E-state index contributed by atoms with van der Waals surface area (Å²) < 4.78 is 18.5. The number of carbonyl (C=O) groups is 2. The van der Waals surface area contributed by atoms with Crippen molar-refractivity contribution in [1.82, 2.24) is 0 Å². The molecule has 6 heteroatoms. The zero-order valence-electron chi connectivity index (χ0n) is 9.48. The predicted molar refractivity (Wildman–Crippen MR) is 60.9 cm³/mol. The van der Waals surface area contributed by atoms with Crippen molar-refractivity contribution in [3.05, 3.63) is 29.6 Å². The zero-order valence-corrected chi connectivity index (χ0v) is 9.48. The lowest BCUT2D eigenvalue weighted by atomic mass is 10.1. The standard InChI is InChI=1S/C12H12FNO4/c13-9-2-1-7(12(16)17)5-10(9)14-11(15)8-3-4-18-6-8/h1-2,5,8H,3-4,6H2,(H,14,15)(H,16,17).